The number of benzene rings is 2. The van der Waals surface area contributed by atoms with E-state index in [-0.39, 0.29) is 17.2 Å². The quantitative estimate of drug-likeness (QED) is 0.333. The molecule has 2 aromatic carbocycles. The van der Waals surface area contributed by atoms with Crippen molar-refractivity contribution in [1.29, 1.82) is 0 Å². The van der Waals surface area contributed by atoms with Crippen LogP contribution in [0.5, 0.6) is 5.75 Å². The normalized spacial score (nSPS) is 11.5. The lowest BCUT2D eigenvalue weighted by Gasteiger charge is -2.29. The largest absolute Gasteiger partial charge is 0.497 e. The number of rotatable bonds is 9. The van der Waals surface area contributed by atoms with Gasteiger partial charge in [-0.05, 0) is 61.6 Å². The molecule has 2 aromatic rings. The number of methoxy groups -OCH3 is 1. The second-order valence-corrected chi connectivity index (χ2v) is 10.2. The van der Waals surface area contributed by atoms with Crippen molar-refractivity contribution in [3.8, 4) is 5.75 Å². The number of carbonyl (C=O) groups excluding carboxylic acids is 3. The van der Waals surface area contributed by atoms with Crippen LogP contribution in [0.1, 0.15) is 104 Å². The smallest absolute Gasteiger partial charge is 0.161 e. The molecule has 6 nitrogen and oxygen atoms in total. The molecule has 0 spiro atoms. The van der Waals surface area contributed by atoms with E-state index in [2.05, 4.69) is 84.9 Å². The molecule has 0 amide bonds. The zero-order chi connectivity index (χ0) is 31.0. The first kappa shape index (κ1) is 40.7. The number of hydrogen-bond donors (Lipinski definition) is 1. The molecule has 6 heteroatoms. The Morgan fingerprint density at radius 1 is 0.897 bits per heavy atom. The van der Waals surface area contributed by atoms with Crippen LogP contribution >= 0.6 is 0 Å². The fraction of sp³-hybridized carbons (Fsp3) is 0.545. The zero-order valence-corrected chi connectivity index (χ0v) is 26.4. The van der Waals surface area contributed by atoms with Gasteiger partial charge in [0.1, 0.15) is 25.5 Å². The van der Waals surface area contributed by atoms with Gasteiger partial charge in [0, 0.05) is 6.04 Å². The predicted octanol–water partition coefficient (Wildman–Crippen LogP) is 7.33. The summed E-state index contributed by atoms with van der Waals surface area (Å²) in [6.45, 7) is 20.8. The number of aryl methyl sites for hydroxylation is 1. The highest BCUT2D eigenvalue weighted by molar-refractivity contribution is 5.80. The molecule has 0 bridgehead atoms. The van der Waals surface area contributed by atoms with Gasteiger partial charge in [-0.25, -0.2) is 0 Å². The van der Waals surface area contributed by atoms with E-state index in [1.807, 2.05) is 37.7 Å². The third-order valence-electron chi connectivity index (χ3n) is 6.13. The number of likely N-dealkylation sites (N-methyl/N-ethyl adjacent to an activating group) is 1. The van der Waals surface area contributed by atoms with Crippen molar-refractivity contribution in [3.63, 3.8) is 0 Å². The van der Waals surface area contributed by atoms with Crippen LogP contribution in [0.3, 0.4) is 0 Å². The Morgan fingerprint density at radius 3 is 1.67 bits per heavy atom. The summed E-state index contributed by atoms with van der Waals surface area (Å²) in [5, 5.41) is 0. The molecule has 39 heavy (non-hydrogen) atoms. The molecule has 2 N–H and O–H groups in total. The van der Waals surface area contributed by atoms with E-state index in [9.17, 15) is 4.79 Å². The van der Waals surface area contributed by atoms with E-state index in [4.69, 9.17) is 20.1 Å². The van der Waals surface area contributed by atoms with Crippen LogP contribution in [-0.2, 0) is 26.2 Å². The second kappa shape index (κ2) is 24.2. The van der Waals surface area contributed by atoms with E-state index < -0.39 is 6.17 Å². The van der Waals surface area contributed by atoms with Crippen molar-refractivity contribution in [3.05, 3.63) is 65.2 Å². The maximum atomic E-state index is 11.3. The summed E-state index contributed by atoms with van der Waals surface area (Å²) in [4.78, 5) is 29.2. The number of nitrogens with zero attached hydrogens (tertiary/aromatic N) is 1. The van der Waals surface area contributed by atoms with Crippen molar-refractivity contribution in [1.82, 2.24) is 4.90 Å². The number of unbranched alkanes of at least 4 members (excludes halogenated alkanes) is 2. The number of nitrogens with two attached hydrogens (primary N) is 1. The fourth-order valence-corrected chi connectivity index (χ4v) is 3.46. The molecule has 0 fully saturated rings. The molecule has 0 aliphatic rings. The monoisotopic (exact) mass is 544 g/mol. The Bertz CT molecular complexity index is 842. The van der Waals surface area contributed by atoms with Crippen molar-refractivity contribution in [2.24, 2.45) is 5.73 Å². The minimum Gasteiger partial charge on any atom is -0.497 e. The van der Waals surface area contributed by atoms with Crippen molar-refractivity contribution in [2.45, 2.75) is 105 Å². The van der Waals surface area contributed by atoms with E-state index >= 15 is 0 Å². The van der Waals surface area contributed by atoms with Crippen LogP contribution < -0.4 is 10.5 Å². The molecular weight excluding hydrogens is 488 g/mol. The third kappa shape index (κ3) is 18.2. The highest BCUT2D eigenvalue weighted by Gasteiger charge is 2.21. The summed E-state index contributed by atoms with van der Waals surface area (Å²) in [6.07, 6.45) is 5.89. The van der Waals surface area contributed by atoms with Crippen LogP contribution in [0, 0.1) is 0 Å². The van der Waals surface area contributed by atoms with Gasteiger partial charge in [0.15, 0.2) is 5.78 Å². The zero-order valence-electron chi connectivity index (χ0n) is 26.4. The topological polar surface area (TPSA) is 89.7 Å². The fourth-order valence-electron chi connectivity index (χ4n) is 3.46. The molecule has 0 heterocycles. The highest BCUT2D eigenvalue weighted by atomic mass is 16.5. The summed E-state index contributed by atoms with van der Waals surface area (Å²) < 4.78 is 5.05. The Hall–Kier alpha value is -2.83. The van der Waals surface area contributed by atoms with Gasteiger partial charge in [-0.2, -0.15) is 0 Å². The number of Topliss-reactive ketones (excluding diaryl/α,β-unsaturated/α-hetero) is 1. The van der Waals surface area contributed by atoms with E-state index in [0.717, 1.165) is 12.2 Å². The Kier molecular flexibility index (Phi) is 25.3. The summed E-state index contributed by atoms with van der Waals surface area (Å²) in [6, 6.07) is 16.9. The van der Waals surface area contributed by atoms with Crippen LogP contribution in [0.4, 0.5) is 0 Å². The van der Waals surface area contributed by atoms with E-state index in [1.54, 1.807) is 7.11 Å². The van der Waals surface area contributed by atoms with Gasteiger partial charge < -0.3 is 20.1 Å². The average molecular weight is 545 g/mol. The van der Waals surface area contributed by atoms with Crippen LogP contribution in [0.25, 0.3) is 0 Å². The Morgan fingerprint density at radius 2 is 1.36 bits per heavy atom. The van der Waals surface area contributed by atoms with E-state index in [0.29, 0.717) is 0 Å². The molecule has 222 valence electrons. The Labute approximate surface area is 239 Å². The molecular formula is C33H56N2O4. The summed E-state index contributed by atoms with van der Waals surface area (Å²) in [5.41, 5.74) is 9.89. The lowest BCUT2D eigenvalue weighted by molar-refractivity contribution is -0.122. The number of hydrogen-bond acceptors (Lipinski definition) is 6. The van der Waals surface area contributed by atoms with Crippen molar-refractivity contribution in [2.75, 3.05) is 14.2 Å². The van der Waals surface area contributed by atoms with Gasteiger partial charge in [0.25, 0.3) is 0 Å². The highest BCUT2D eigenvalue weighted by Crippen LogP contribution is 2.26. The van der Waals surface area contributed by atoms with Crippen molar-refractivity contribution >= 4 is 19.4 Å². The standard InChI is InChI=1S/C16H26N2O.C10H14O.C5H12.2CH2O/c1-11(18(6)15(17)12(2)19)13-7-9-14(10-8-13)16(3,4)5;1-3-4-9-5-7-10(11-2)8-6-9;1-3-5-4-2;2*1-2/h7-11,15H,17H2,1-6H3;5-8H,3-4H2,1-2H3;3-5H2,1-2H3;2*1H2/t11?,15-;;;;/m1..../s1. The van der Waals surface area contributed by atoms with Gasteiger partial charge >= 0.3 is 0 Å². The molecule has 0 radical (unpaired) electrons. The Balaban J connectivity index is -0.000000545. The van der Waals surface area contributed by atoms with Gasteiger partial charge in [0.2, 0.25) is 0 Å². The summed E-state index contributed by atoms with van der Waals surface area (Å²) >= 11 is 0. The minimum absolute atomic E-state index is 0.0133. The molecule has 0 aromatic heterocycles. The molecule has 1 unspecified atom stereocenters. The van der Waals surface area contributed by atoms with Crippen LogP contribution in [-0.4, -0.2) is 44.6 Å². The van der Waals surface area contributed by atoms with E-state index in [1.165, 1.54) is 49.3 Å². The SMILES string of the molecule is C=O.C=O.CC(=O)[C@H](N)N(C)C(C)c1ccc(C(C)(C)C)cc1.CCCCC.CCCc1ccc(OC)cc1. The second-order valence-electron chi connectivity index (χ2n) is 10.2. The molecule has 0 saturated carbocycles. The lowest BCUT2D eigenvalue weighted by Crippen LogP contribution is -2.45. The number of ketones is 1. The molecule has 2 atom stereocenters. The molecule has 0 saturated heterocycles. The van der Waals surface area contributed by atoms with Crippen molar-refractivity contribution < 1.29 is 19.1 Å². The first-order valence-corrected chi connectivity index (χ1v) is 13.7. The summed E-state index contributed by atoms with van der Waals surface area (Å²) in [7, 11) is 3.57. The molecule has 2 rings (SSSR count). The summed E-state index contributed by atoms with van der Waals surface area (Å²) in [5.74, 6) is 0.922. The molecule has 0 aliphatic carbocycles. The molecule has 0 aliphatic heterocycles. The number of carbonyl (C=O) groups is 3. The van der Waals surface area contributed by atoms with Gasteiger partial charge in [-0.15, -0.1) is 0 Å². The minimum atomic E-state index is -0.544. The maximum Gasteiger partial charge on any atom is 0.161 e. The van der Waals surface area contributed by atoms with Crippen LogP contribution in [0.15, 0.2) is 48.5 Å². The average Bonchev–Trinajstić information content (AvgIpc) is 2.95. The first-order valence-electron chi connectivity index (χ1n) is 13.7. The van der Waals surface area contributed by atoms with Gasteiger partial charge in [-0.1, -0.05) is 104 Å². The number of ether oxygens (including phenoxy) is 1. The predicted molar refractivity (Wildman–Crippen MR) is 166 cm³/mol. The maximum absolute atomic E-state index is 11.3. The third-order valence-corrected chi connectivity index (χ3v) is 6.13. The first-order chi connectivity index (χ1) is 18.4. The van der Waals surface area contributed by atoms with Crippen LogP contribution in [0.2, 0.25) is 0 Å². The van der Waals surface area contributed by atoms with Gasteiger partial charge in [-0.3, -0.25) is 9.69 Å². The van der Waals surface area contributed by atoms with Gasteiger partial charge in [0.05, 0.1) is 7.11 Å². The lowest BCUT2D eigenvalue weighted by atomic mass is 9.86.